The topological polar surface area (TPSA) is 68.5 Å². The molecule has 0 bridgehead atoms. The molecule has 0 spiro atoms. The average Bonchev–Trinajstić information content (AvgIpc) is 2.97. The summed E-state index contributed by atoms with van der Waals surface area (Å²) in [5.74, 6) is 0.580. The summed E-state index contributed by atoms with van der Waals surface area (Å²) < 4.78 is 7.19. The lowest BCUT2D eigenvalue weighted by atomic mass is 10.2. The van der Waals surface area contributed by atoms with Gasteiger partial charge in [0.25, 0.3) is 5.91 Å². The number of amides is 1. The first-order valence-corrected chi connectivity index (χ1v) is 7.96. The molecule has 3 aromatic rings. The number of hydrogen-bond acceptors (Lipinski definition) is 4. The van der Waals surface area contributed by atoms with E-state index in [9.17, 15) is 4.79 Å². The van der Waals surface area contributed by atoms with E-state index in [4.69, 9.17) is 4.74 Å². The van der Waals surface area contributed by atoms with Gasteiger partial charge in [-0.25, -0.2) is 9.50 Å². The number of nitrogens with one attached hydrogen (secondary N) is 1. The minimum atomic E-state index is -0.116. The Hall–Kier alpha value is -2.89. The first-order chi connectivity index (χ1) is 11.7. The predicted molar refractivity (Wildman–Crippen MR) is 91.0 cm³/mol. The number of para-hydroxylation sites is 1. The number of hydrogen-bond donors (Lipinski definition) is 1. The van der Waals surface area contributed by atoms with E-state index in [-0.39, 0.29) is 12.5 Å². The lowest BCUT2D eigenvalue weighted by Crippen LogP contribution is -2.29. The first-order valence-electron chi connectivity index (χ1n) is 7.96. The molecule has 0 saturated carbocycles. The monoisotopic (exact) mass is 324 g/mol. The van der Waals surface area contributed by atoms with Gasteiger partial charge in [0.05, 0.1) is 5.69 Å². The van der Waals surface area contributed by atoms with Gasteiger partial charge in [0.15, 0.2) is 12.3 Å². The second-order valence-corrected chi connectivity index (χ2v) is 5.61. The average molecular weight is 324 g/mol. The molecule has 6 heteroatoms. The SMILES string of the molecule is Cc1cc2ncc(CCCNC(=O)COc3ccccc3)cn2n1. The molecule has 0 aliphatic heterocycles. The Kier molecular flexibility index (Phi) is 5.05. The van der Waals surface area contributed by atoms with Crippen molar-refractivity contribution in [1.82, 2.24) is 19.9 Å². The molecule has 124 valence electrons. The highest BCUT2D eigenvalue weighted by Crippen LogP contribution is 2.08. The molecule has 0 saturated heterocycles. The Balaban J connectivity index is 1.38. The Labute approximate surface area is 140 Å². The Bertz CT molecular complexity index is 814. The summed E-state index contributed by atoms with van der Waals surface area (Å²) in [6, 6.07) is 11.2. The fourth-order valence-electron chi connectivity index (χ4n) is 2.40. The van der Waals surface area contributed by atoms with Gasteiger partial charge in [-0.15, -0.1) is 0 Å². The van der Waals surface area contributed by atoms with Crippen LogP contribution in [-0.4, -0.2) is 33.7 Å². The van der Waals surface area contributed by atoms with E-state index >= 15 is 0 Å². The van der Waals surface area contributed by atoms with Gasteiger partial charge >= 0.3 is 0 Å². The van der Waals surface area contributed by atoms with Crippen LogP contribution in [0.1, 0.15) is 17.7 Å². The van der Waals surface area contributed by atoms with Crippen molar-refractivity contribution >= 4 is 11.6 Å². The van der Waals surface area contributed by atoms with Crippen LogP contribution in [0.25, 0.3) is 5.65 Å². The van der Waals surface area contributed by atoms with Crippen LogP contribution in [0, 0.1) is 6.92 Å². The minimum absolute atomic E-state index is 0.0318. The van der Waals surface area contributed by atoms with Crippen molar-refractivity contribution < 1.29 is 9.53 Å². The lowest BCUT2D eigenvalue weighted by Gasteiger charge is -2.07. The third-order valence-electron chi connectivity index (χ3n) is 3.57. The maximum Gasteiger partial charge on any atom is 0.257 e. The molecule has 0 radical (unpaired) electrons. The van der Waals surface area contributed by atoms with E-state index < -0.39 is 0 Å². The number of aromatic nitrogens is 3. The first kappa shape index (κ1) is 16.0. The van der Waals surface area contributed by atoms with Crippen molar-refractivity contribution in [3.05, 3.63) is 60.0 Å². The fourth-order valence-corrected chi connectivity index (χ4v) is 2.40. The van der Waals surface area contributed by atoms with Crippen LogP contribution in [0.15, 0.2) is 48.8 Å². The van der Waals surface area contributed by atoms with Crippen molar-refractivity contribution in [3.63, 3.8) is 0 Å². The smallest absolute Gasteiger partial charge is 0.257 e. The van der Waals surface area contributed by atoms with Gasteiger partial charge in [0, 0.05) is 25.0 Å². The van der Waals surface area contributed by atoms with Gasteiger partial charge in [-0.05, 0) is 37.5 Å². The maximum atomic E-state index is 11.7. The van der Waals surface area contributed by atoms with E-state index in [0.717, 1.165) is 29.7 Å². The molecule has 1 aromatic carbocycles. The van der Waals surface area contributed by atoms with Crippen molar-refractivity contribution in [3.8, 4) is 5.75 Å². The zero-order valence-corrected chi connectivity index (χ0v) is 13.6. The quantitative estimate of drug-likeness (QED) is 0.676. The second kappa shape index (κ2) is 7.59. The summed E-state index contributed by atoms with van der Waals surface area (Å²) >= 11 is 0. The summed E-state index contributed by atoms with van der Waals surface area (Å²) in [7, 11) is 0. The number of rotatable bonds is 7. The number of aryl methyl sites for hydroxylation is 2. The van der Waals surface area contributed by atoms with Crippen molar-refractivity contribution in [1.29, 1.82) is 0 Å². The van der Waals surface area contributed by atoms with E-state index in [1.807, 2.05) is 55.7 Å². The van der Waals surface area contributed by atoms with Crippen molar-refractivity contribution in [2.45, 2.75) is 19.8 Å². The highest BCUT2D eigenvalue weighted by molar-refractivity contribution is 5.77. The van der Waals surface area contributed by atoms with Crippen LogP contribution in [0.5, 0.6) is 5.75 Å². The predicted octanol–water partition coefficient (Wildman–Crippen LogP) is 2.17. The molecule has 1 N–H and O–H groups in total. The zero-order valence-electron chi connectivity index (χ0n) is 13.6. The summed E-state index contributed by atoms with van der Waals surface area (Å²) in [6.07, 6.45) is 5.51. The van der Waals surface area contributed by atoms with Crippen LogP contribution < -0.4 is 10.1 Å². The maximum absolute atomic E-state index is 11.7. The van der Waals surface area contributed by atoms with Crippen molar-refractivity contribution in [2.24, 2.45) is 0 Å². The molecule has 0 aliphatic rings. The number of nitrogens with zero attached hydrogens (tertiary/aromatic N) is 3. The van der Waals surface area contributed by atoms with E-state index in [0.29, 0.717) is 12.3 Å². The second-order valence-electron chi connectivity index (χ2n) is 5.61. The highest BCUT2D eigenvalue weighted by atomic mass is 16.5. The number of fused-ring (bicyclic) bond motifs is 1. The van der Waals surface area contributed by atoms with Crippen LogP contribution in [0.2, 0.25) is 0 Å². The van der Waals surface area contributed by atoms with Gasteiger partial charge in [0.1, 0.15) is 5.75 Å². The molecule has 6 nitrogen and oxygen atoms in total. The molecule has 0 fully saturated rings. The molecular weight excluding hydrogens is 304 g/mol. The molecule has 2 aromatic heterocycles. The normalized spacial score (nSPS) is 10.7. The van der Waals surface area contributed by atoms with Crippen LogP contribution in [0.4, 0.5) is 0 Å². The van der Waals surface area contributed by atoms with Crippen LogP contribution in [0.3, 0.4) is 0 Å². The molecule has 0 atom stereocenters. The fraction of sp³-hybridized carbons (Fsp3) is 0.278. The number of carbonyl (C=O) groups is 1. The molecule has 3 rings (SSSR count). The standard InChI is InChI=1S/C18H20N4O2/c1-14-10-17-20-11-15(12-22(17)21-14)6-5-9-19-18(23)13-24-16-7-3-2-4-8-16/h2-4,7-8,10-12H,5-6,9,13H2,1H3,(H,19,23). The summed E-state index contributed by atoms with van der Waals surface area (Å²) in [6.45, 7) is 2.58. The minimum Gasteiger partial charge on any atom is -0.484 e. The summed E-state index contributed by atoms with van der Waals surface area (Å²) in [5.41, 5.74) is 2.90. The largest absolute Gasteiger partial charge is 0.484 e. The summed E-state index contributed by atoms with van der Waals surface area (Å²) in [4.78, 5) is 16.1. The molecule has 24 heavy (non-hydrogen) atoms. The van der Waals surface area contributed by atoms with Gasteiger partial charge in [-0.1, -0.05) is 18.2 Å². The van der Waals surface area contributed by atoms with Gasteiger partial charge in [-0.2, -0.15) is 5.10 Å². The highest BCUT2D eigenvalue weighted by Gasteiger charge is 2.03. The van der Waals surface area contributed by atoms with Crippen LogP contribution in [-0.2, 0) is 11.2 Å². The van der Waals surface area contributed by atoms with Crippen LogP contribution >= 0.6 is 0 Å². The zero-order chi connectivity index (χ0) is 16.8. The number of benzene rings is 1. The Morgan fingerprint density at radius 1 is 1.29 bits per heavy atom. The molecule has 2 heterocycles. The summed E-state index contributed by atoms with van der Waals surface area (Å²) in [5, 5.41) is 7.21. The third kappa shape index (κ3) is 4.32. The molecule has 1 amide bonds. The van der Waals surface area contributed by atoms with Gasteiger partial charge in [-0.3, -0.25) is 4.79 Å². The van der Waals surface area contributed by atoms with Gasteiger partial charge in [0.2, 0.25) is 0 Å². The molecular formula is C18H20N4O2. The van der Waals surface area contributed by atoms with E-state index in [1.54, 1.807) is 4.52 Å². The third-order valence-corrected chi connectivity index (χ3v) is 3.57. The Morgan fingerprint density at radius 3 is 2.96 bits per heavy atom. The van der Waals surface area contributed by atoms with Gasteiger partial charge < -0.3 is 10.1 Å². The molecule has 0 aliphatic carbocycles. The Morgan fingerprint density at radius 2 is 2.12 bits per heavy atom. The van der Waals surface area contributed by atoms with E-state index in [2.05, 4.69) is 15.4 Å². The molecule has 0 unspecified atom stereocenters. The number of ether oxygens (including phenoxy) is 1. The van der Waals surface area contributed by atoms with Crippen molar-refractivity contribution in [2.75, 3.05) is 13.2 Å². The lowest BCUT2D eigenvalue weighted by molar-refractivity contribution is -0.123. The number of carbonyl (C=O) groups excluding carboxylic acids is 1. The van der Waals surface area contributed by atoms with E-state index in [1.165, 1.54) is 0 Å².